The maximum Gasteiger partial charge on any atom is 0.349 e. The minimum Gasteiger partial charge on any atom is -0.493 e. The topological polar surface area (TPSA) is 87.2 Å². The Balaban J connectivity index is 1.57. The molecule has 1 amide bonds. The molecule has 0 fully saturated rings. The SMILES string of the molecule is NC(=O)CCOc1ccc2c(c1)CCn1c-2cc(SCc2ccccc2)nc1=O. The van der Waals surface area contributed by atoms with Gasteiger partial charge < -0.3 is 10.5 Å². The Morgan fingerprint density at radius 3 is 2.79 bits per heavy atom. The van der Waals surface area contributed by atoms with E-state index in [1.165, 1.54) is 5.56 Å². The number of amides is 1. The van der Waals surface area contributed by atoms with Crippen LogP contribution in [0.5, 0.6) is 5.75 Å². The molecule has 0 atom stereocenters. The van der Waals surface area contributed by atoms with E-state index in [1.54, 1.807) is 16.3 Å². The highest BCUT2D eigenvalue weighted by molar-refractivity contribution is 7.98. The van der Waals surface area contributed by atoms with Crippen LogP contribution in [-0.4, -0.2) is 22.1 Å². The number of hydrogen-bond donors (Lipinski definition) is 1. The molecule has 6 nitrogen and oxygen atoms in total. The number of nitrogens with zero attached hydrogens (tertiary/aromatic N) is 2. The smallest absolute Gasteiger partial charge is 0.349 e. The van der Waals surface area contributed by atoms with Gasteiger partial charge in [0.25, 0.3) is 0 Å². The third-order valence-electron chi connectivity index (χ3n) is 4.79. The number of fused-ring (bicyclic) bond motifs is 3. The molecule has 0 saturated carbocycles. The first kappa shape index (κ1) is 19.3. The van der Waals surface area contributed by atoms with Crippen LogP contribution in [0.3, 0.4) is 0 Å². The number of thioether (sulfide) groups is 1. The molecule has 4 rings (SSSR count). The maximum absolute atomic E-state index is 12.5. The van der Waals surface area contributed by atoms with Crippen molar-refractivity contribution >= 4 is 17.7 Å². The standard InChI is InChI=1S/C22H21N3O3S/c23-20(26)9-11-28-17-6-7-18-16(12-17)8-10-25-19(18)13-21(24-22(25)27)29-14-15-4-2-1-3-5-15/h1-7,12-13H,8-11,14H2,(H2,23,26). The fraction of sp³-hybridized carbons (Fsp3) is 0.227. The predicted octanol–water partition coefficient (Wildman–Crippen LogP) is 3.01. The highest BCUT2D eigenvalue weighted by atomic mass is 32.2. The first-order valence-corrected chi connectivity index (χ1v) is 10.4. The van der Waals surface area contributed by atoms with E-state index in [1.807, 2.05) is 42.5 Å². The van der Waals surface area contributed by atoms with E-state index < -0.39 is 0 Å². The molecule has 0 spiro atoms. The summed E-state index contributed by atoms with van der Waals surface area (Å²) in [5, 5.41) is 0.722. The minimum absolute atomic E-state index is 0.184. The molecule has 3 aromatic rings. The van der Waals surface area contributed by atoms with Crippen molar-refractivity contribution in [2.75, 3.05) is 6.61 Å². The van der Waals surface area contributed by atoms with Crippen LogP contribution in [0.2, 0.25) is 0 Å². The van der Waals surface area contributed by atoms with Crippen LogP contribution in [0.25, 0.3) is 11.3 Å². The molecular weight excluding hydrogens is 386 g/mol. The Kier molecular flexibility index (Phi) is 5.67. The monoisotopic (exact) mass is 407 g/mol. The number of aromatic nitrogens is 2. The number of primary amides is 1. The molecule has 0 saturated heterocycles. The molecule has 1 aromatic heterocycles. The van der Waals surface area contributed by atoms with Crippen molar-refractivity contribution in [2.24, 2.45) is 5.73 Å². The van der Waals surface area contributed by atoms with Crippen molar-refractivity contribution in [3.05, 3.63) is 76.2 Å². The Bertz CT molecular complexity index is 1100. The molecule has 2 heterocycles. The van der Waals surface area contributed by atoms with Gasteiger partial charge in [0.2, 0.25) is 5.91 Å². The highest BCUT2D eigenvalue weighted by Crippen LogP contribution is 2.33. The highest BCUT2D eigenvalue weighted by Gasteiger charge is 2.19. The molecule has 2 aromatic carbocycles. The molecule has 1 aliphatic rings. The van der Waals surface area contributed by atoms with E-state index in [2.05, 4.69) is 17.1 Å². The molecule has 148 valence electrons. The van der Waals surface area contributed by atoms with Crippen molar-refractivity contribution < 1.29 is 9.53 Å². The van der Waals surface area contributed by atoms with Gasteiger partial charge in [0, 0.05) is 17.9 Å². The van der Waals surface area contributed by atoms with E-state index in [0.29, 0.717) is 12.3 Å². The van der Waals surface area contributed by atoms with Crippen LogP contribution in [-0.2, 0) is 23.5 Å². The summed E-state index contributed by atoms with van der Waals surface area (Å²) < 4.78 is 7.34. The van der Waals surface area contributed by atoms with Crippen LogP contribution in [0.15, 0.2) is 64.4 Å². The quantitative estimate of drug-likeness (QED) is 0.481. The first-order valence-electron chi connectivity index (χ1n) is 9.43. The van der Waals surface area contributed by atoms with Gasteiger partial charge in [-0.25, -0.2) is 4.79 Å². The summed E-state index contributed by atoms with van der Waals surface area (Å²) in [5.74, 6) is 1.08. The largest absolute Gasteiger partial charge is 0.493 e. The molecule has 0 unspecified atom stereocenters. The van der Waals surface area contributed by atoms with Crippen molar-refractivity contribution in [3.8, 4) is 17.0 Å². The third-order valence-corrected chi connectivity index (χ3v) is 5.77. The Hall–Kier alpha value is -3.06. The van der Waals surface area contributed by atoms with Crippen LogP contribution in [0.1, 0.15) is 17.5 Å². The fourth-order valence-electron chi connectivity index (χ4n) is 3.35. The van der Waals surface area contributed by atoms with E-state index >= 15 is 0 Å². The van der Waals surface area contributed by atoms with Gasteiger partial charge in [-0.2, -0.15) is 4.98 Å². The number of benzene rings is 2. The summed E-state index contributed by atoms with van der Waals surface area (Å²) in [5.41, 5.74) is 9.13. The lowest BCUT2D eigenvalue weighted by molar-refractivity contribution is -0.118. The number of carbonyl (C=O) groups excluding carboxylic acids is 1. The van der Waals surface area contributed by atoms with Crippen molar-refractivity contribution in [1.29, 1.82) is 0 Å². The van der Waals surface area contributed by atoms with Crippen molar-refractivity contribution in [2.45, 2.75) is 30.2 Å². The van der Waals surface area contributed by atoms with Crippen LogP contribution in [0.4, 0.5) is 0 Å². The second-order valence-corrected chi connectivity index (χ2v) is 7.82. The summed E-state index contributed by atoms with van der Waals surface area (Å²) >= 11 is 1.56. The number of aryl methyl sites for hydroxylation is 1. The fourth-order valence-corrected chi connectivity index (χ4v) is 4.19. The lowest BCUT2D eigenvalue weighted by Crippen LogP contribution is -2.28. The average molecular weight is 407 g/mol. The normalized spacial score (nSPS) is 12.1. The van der Waals surface area contributed by atoms with Gasteiger partial charge >= 0.3 is 5.69 Å². The minimum atomic E-state index is -0.385. The number of nitrogens with two attached hydrogens (primary N) is 1. The molecule has 0 aliphatic carbocycles. The van der Waals surface area contributed by atoms with Crippen molar-refractivity contribution in [3.63, 3.8) is 0 Å². The lowest BCUT2D eigenvalue weighted by Gasteiger charge is -2.22. The number of carbonyl (C=O) groups is 1. The Labute approximate surface area is 172 Å². The van der Waals surface area contributed by atoms with Crippen LogP contribution >= 0.6 is 11.8 Å². The number of hydrogen-bond acceptors (Lipinski definition) is 5. The van der Waals surface area contributed by atoms with Gasteiger partial charge in [0.1, 0.15) is 10.8 Å². The second-order valence-electron chi connectivity index (χ2n) is 6.82. The van der Waals surface area contributed by atoms with Crippen LogP contribution in [0, 0.1) is 0 Å². The summed E-state index contributed by atoms with van der Waals surface area (Å²) in [6.07, 6.45) is 0.913. The molecule has 2 N–H and O–H groups in total. The van der Waals surface area contributed by atoms with Crippen molar-refractivity contribution in [1.82, 2.24) is 9.55 Å². The Morgan fingerprint density at radius 1 is 1.17 bits per heavy atom. The van der Waals surface area contributed by atoms with Gasteiger partial charge in [-0.05, 0) is 41.8 Å². The third kappa shape index (κ3) is 4.51. The zero-order valence-corrected chi connectivity index (χ0v) is 16.7. The molecular formula is C22H21N3O3S. The van der Waals surface area contributed by atoms with Gasteiger partial charge in [0.15, 0.2) is 0 Å². The zero-order chi connectivity index (χ0) is 20.2. The van der Waals surface area contributed by atoms with E-state index in [-0.39, 0.29) is 24.6 Å². The van der Waals surface area contributed by atoms with Gasteiger partial charge in [-0.15, -0.1) is 11.8 Å². The molecule has 0 radical (unpaired) electrons. The van der Waals surface area contributed by atoms with E-state index in [0.717, 1.165) is 34.0 Å². The summed E-state index contributed by atoms with van der Waals surface area (Å²) in [4.78, 5) is 27.7. The Morgan fingerprint density at radius 2 is 2.00 bits per heavy atom. The molecule has 29 heavy (non-hydrogen) atoms. The predicted molar refractivity (Wildman–Crippen MR) is 113 cm³/mol. The average Bonchev–Trinajstić information content (AvgIpc) is 2.72. The van der Waals surface area contributed by atoms with E-state index in [9.17, 15) is 9.59 Å². The van der Waals surface area contributed by atoms with Crippen LogP contribution < -0.4 is 16.2 Å². The molecule has 1 aliphatic heterocycles. The van der Waals surface area contributed by atoms with E-state index in [4.69, 9.17) is 10.5 Å². The summed E-state index contributed by atoms with van der Waals surface area (Å²) in [7, 11) is 0. The number of ether oxygens (including phenoxy) is 1. The lowest BCUT2D eigenvalue weighted by atomic mass is 9.97. The molecule has 0 bridgehead atoms. The zero-order valence-electron chi connectivity index (χ0n) is 15.8. The summed E-state index contributed by atoms with van der Waals surface area (Å²) in [6.45, 7) is 0.844. The maximum atomic E-state index is 12.5. The number of rotatable bonds is 7. The molecule has 7 heteroatoms. The van der Waals surface area contributed by atoms with Gasteiger partial charge in [-0.1, -0.05) is 30.3 Å². The first-order chi connectivity index (χ1) is 14.1. The van der Waals surface area contributed by atoms with Gasteiger partial charge in [-0.3, -0.25) is 9.36 Å². The van der Waals surface area contributed by atoms with Gasteiger partial charge in [0.05, 0.1) is 18.7 Å². The summed E-state index contributed by atoms with van der Waals surface area (Å²) in [6, 6.07) is 17.9. The second kappa shape index (κ2) is 8.53.